The van der Waals surface area contributed by atoms with Gasteiger partial charge in [0.25, 0.3) is 0 Å². The molecule has 0 aliphatic heterocycles. The highest BCUT2D eigenvalue weighted by atomic mass is 35.7. The molecule has 0 aromatic heterocycles. The van der Waals surface area contributed by atoms with Crippen LogP contribution in [0, 0.1) is 17.5 Å². The van der Waals surface area contributed by atoms with Crippen molar-refractivity contribution in [2.24, 2.45) is 0 Å². The van der Waals surface area contributed by atoms with Gasteiger partial charge in [0.1, 0.15) is 17.5 Å². The fourth-order valence-corrected chi connectivity index (χ4v) is 1.71. The Morgan fingerprint density at radius 3 is 2.00 bits per heavy atom. The van der Waals surface area contributed by atoms with E-state index >= 15 is 0 Å². The van der Waals surface area contributed by atoms with Crippen LogP contribution in [0.2, 0.25) is 0 Å². The molecule has 0 unspecified atom stereocenters. The van der Waals surface area contributed by atoms with Crippen molar-refractivity contribution in [3.8, 4) is 0 Å². The molecule has 0 radical (unpaired) electrons. The third-order valence-corrected chi connectivity index (χ3v) is 2.86. The largest absolute Gasteiger partial charge is 0.232 e. The van der Waals surface area contributed by atoms with E-state index in [9.17, 15) is 21.6 Å². The summed E-state index contributed by atoms with van der Waals surface area (Å²) in [6.45, 7) is 0. The Morgan fingerprint density at radius 1 is 1.13 bits per heavy atom. The van der Waals surface area contributed by atoms with E-state index in [-0.39, 0.29) is 0 Å². The van der Waals surface area contributed by atoms with Gasteiger partial charge >= 0.3 is 0 Å². The lowest BCUT2D eigenvalue weighted by atomic mass is 10.1. The zero-order valence-corrected chi connectivity index (χ0v) is 8.88. The minimum atomic E-state index is -3.82. The maximum atomic E-state index is 13.0. The van der Waals surface area contributed by atoms with Crippen molar-refractivity contribution in [3.05, 3.63) is 35.1 Å². The first-order chi connectivity index (χ1) is 6.79. The average molecular weight is 259 g/mol. The molecule has 1 aromatic carbocycles. The first kappa shape index (κ1) is 12.3. The summed E-state index contributed by atoms with van der Waals surface area (Å²) in [6, 6.07) is 0.971. The molecule has 0 saturated heterocycles. The number of hydrogen-bond donors (Lipinski definition) is 0. The van der Waals surface area contributed by atoms with Crippen LogP contribution in [0.15, 0.2) is 12.1 Å². The minimum Gasteiger partial charge on any atom is -0.212 e. The van der Waals surface area contributed by atoms with Crippen LogP contribution in [-0.4, -0.2) is 14.2 Å². The summed E-state index contributed by atoms with van der Waals surface area (Å²) in [5, 5.41) is 0. The summed E-state index contributed by atoms with van der Waals surface area (Å²) < 4.78 is 59.5. The van der Waals surface area contributed by atoms with E-state index < -0.39 is 44.2 Å². The SMILES string of the molecule is O=S(=O)(Cl)CCc1c(F)cc(F)cc1F. The monoisotopic (exact) mass is 258 g/mol. The van der Waals surface area contributed by atoms with Gasteiger partial charge in [-0.25, -0.2) is 21.6 Å². The number of hydrogen-bond acceptors (Lipinski definition) is 2. The third-order valence-electron chi connectivity index (χ3n) is 1.70. The molecule has 0 fully saturated rings. The van der Waals surface area contributed by atoms with Crippen LogP contribution >= 0.6 is 10.7 Å². The van der Waals surface area contributed by atoms with Crippen LogP contribution < -0.4 is 0 Å². The fraction of sp³-hybridized carbons (Fsp3) is 0.250. The maximum Gasteiger partial charge on any atom is 0.232 e. The lowest BCUT2D eigenvalue weighted by molar-refractivity contribution is 0.525. The van der Waals surface area contributed by atoms with Crippen molar-refractivity contribution in [1.82, 2.24) is 0 Å². The summed E-state index contributed by atoms with van der Waals surface area (Å²) in [7, 11) is 1.05. The highest BCUT2D eigenvalue weighted by molar-refractivity contribution is 8.13. The van der Waals surface area contributed by atoms with E-state index in [1.54, 1.807) is 0 Å². The molecule has 0 atom stereocenters. The Kier molecular flexibility index (Phi) is 3.62. The van der Waals surface area contributed by atoms with E-state index in [0.29, 0.717) is 12.1 Å². The Morgan fingerprint density at radius 2 is 1.60 bits per heavy atom. The quantitative estimate of drug-likeness (QED) is 0.779. The van der Waals surface area contributed by atoms with Crippen molar-refractivity contribution in [3.63, 3.8) is 0 Å². The number of halogens is 4. The van der Waals surface area contributed by atoms with E-state index in [2.05, 4.69) is 0 Å². The van der Waals surface area contributed by atoms with Crippen LogP contribution in [0.3, 0.4) is 0 Å². The molecule has 0 aliphatic rings. The van der Waals surface area contributed by atoms with Gasteiger partial charge in [-0.15, -0.1) is 0 Å². The molecule has 7 heteroatoms. The molecule has 15 heavy (non-hydrogen) atoms. The molecule has 0 spiro atoms. The Labute approximate surface area is 89.1 Å². The Bertz CT molecular complexity index is 450. The van der Waals surface area contributed by atoms with Gasteiger partial charge in [-0.05, 0) is 6.42 Å². The summed E-state index contributed by atoms with van der Waals surface area (Å²) >= 11 is 0. The standard InChI is InChI=1S/C8H6ClF3O2S/c9-15(13,14)2-1-6-7(11)3-5(10)4-8(6)12/h3-4H,1-2H2. The van der Waals surface area contributed by atoms with E-state index in [4.69, 9.17) is 10.7 Å². The zero-order valence-electron chi connectivity index (χ0n) is 7.31. The lowest BCUT2D eigenvalue weighted by Crippen LogP contribution is -2.05. The van der Waals surface area contributed by atoms with Crippen molar-refractivity contribution in [2.45, 2.75) is 6.42 Å². The zero-order chi connectivity index (χ0) is 11.6. The van der Waals surface area contributed by atoms with Gasteiger partial charge in [-0.3, -0.25) is 0 Å². The average Bonchev–Trinajstić information content (AvgIpc) is 1.99. The predicted molar refractivity (Wildman–Crippen MR) is 49.7 cm³/mol. The van der Waals surface area contributed by atoms with Gasteiger partial charge in [-0.2, -0.15) is 0 Å². The molecule has 1 rings (SSSR count). The number of benzene rings is 1. The molecule has 0 N–H and O–H groups in total. The fourth-order valence-electron chi connectivity index (χ4n) is 1.03. The first-order valence-corrected chi connectivity index (χ1v) is 6.33. The van der Waals surface area contributed by atoms with Crippen LogP contribution in [-0.2, 0) is 15.5 Å². The van der Waals surface area contributed by atoms with Gasteiger partial charge in [0.05, 0.1) is 5.75 Å². The summed E-state index contributed by atoms with van der Waals surface area (Å²) in [4.78, 5) is 0. The van der Waals surface area contributed by atoms with Gasteiger partial charge in [0.15, 0.2) is 0 Å². The predicted octanol–water partition coefficient (Wildman–Crippen LogP) is 2.22. The molecule has 0 aliphatic carbocycles. The highest BCUT2D eigenvalue weighted by Gasteiger charge is 2.14. The molecule has 0 bridgehead atoms. The highest BCUT2D eigenvalue weighted by Crippen LogP contribution is 2.16. The van der Waals surface area contributed by atoms with E-state index in [1.807, 2.05) is 0 Å². The first-order valence-electron chi connectivity index (χ1n) is 3.85. The Hall–Kier alpha value is -0.750. The second kappa shape index (κ2) is 4.40. The summed E-state index contributed by atoms with van der Waals surface area (Å²) in [6.07, 6.45) is -0.427. The van der Waals surface area contributed by atoms with Gasteiger partial charge in [-0.1, -0.05) is 0 Å². The number of rotatable bonds is 3. The minimum absolute atomic E-state index is 0.427. The Balaban J connectivity index is 2.96. The van der Waals surface area contributed by atoms with Crippen LogP contribution in [0.1, 0.15) is 5.56 Å². The topological polar surface area (TPSA) is 34.1 Å². The maximum absolute atomic E-state index is 13.0. The lowest BCUT2D eigenvalue weighted by Gasteiger charge is -2.03. The van der Waals surface area contributed by atoms with Crippen molar-refractivity contribution < 1.29 is 21.6 Å². The van der Waals surface area contributed by atoms with Crippen LogP contribution in [0.25, 0.3) is 0 Å². The van der Waals surface area contributed by atoms with Crippen molar-refractivity contribution in [1.29, 1.82) is 0 Å². The molecule has 2 nitrogen and oxygen atoms in total. The van der Waals surface area contributed by atoms with Gasteiger partial charge in [0.2, 0.25) is 9.05 Å². The molecule has 1 aromatic rings. The molecule has 0 amide bonds. The molecule has 0 heterocycles. The van der Waals surface area contributed by atoms with E-state index in [0.717, 1.165) is 0 Å². The van der Waals surface area contributed by atoms with Crippen molar-refractivity contribution >= 4 is 19.7 Å². The second-order valence-corrected chi connectivity index (χ2v) is 5.74. The van der Waals surface area contributed by atoms with Crippen LogP contribution in [0.4, 0.5) is 13.2 Å². The smallest absolute Gasteiger partial charge is 0.212 e. The van der Waals surface area contributed by atoms with Gasteiger partial charge in [0, 0.05) is 28.4 Å². The van der Waals surface area contributed by atoms with Crippen molar-refractivity contribution in [2.75, 3.05) is 5.75 Å². The molecular formula is C8H6ClF3O2S. The molecule has 84 valence electrons. The summed E-state index contributed by atoms with van der Waals surface area (Å²) in [5.41, 5.74) is -0.486. The molecule has 0 saturated carbocycles. The summed E-state index contributed by atoms with van der Waals surface area (Å²) in [5.74, 6) is -3.89. The second-order valence-electron chi connectivity index (χ2n) is 2.84. The van der Waals surface area contributed by atoms with Gasteiger partial charge < -0.3 is 0 Å². The molecular weight excluding hydrogens is 253 g/mol. The third kappa shape index (κ3) is 3.71. The normalized spacial score (nSPS) is 11.7. The van der Waals surface area contributed by atoms with E-state index in [1.165, 1.54) is 0 Å². The van der Waals surface area contributed by atoms with Crippen LogP contribution in [0.5, 0.6) is 0 Å².